The van der Waals surface area contributed by atoms with E-state index in [4.69, 9.17) is 0 Å². The van der Waals surface area contributed by atoms with Gasteiger partial charge in [-0.1, -0.05) is 24.3 Å². The average Bonchev–Trinajstić information content (AvgIpc) is 2.97. The third-order valence-corrected chi connectivity index (χ3v) is 4.22. The fraction of sp³-hybridized carbons (Fsp3) is 0.200. The number of carbonyl (C=O) groups is 1. The predicted octanol–water partition coefficient (Wildman–Crippen LogP) is 4.12. The van der Waals surface area contributed by atoms with Crippen LogP contribution in [0.3, 0.4) is 0 Å². The molecule has 0 fully saturated rings. The molecule has 1 unspecified atom stereocenters. The maximum atomic E-state index is 13.0. The van der Waals surface area contributed by atoms with Crippen molar-refractivity contribution in [3.05, 3.63) is 82.9 Å². The molecule has 1 heterocycles. The van der Waals surface area contributed by atoms with Gasteiger partial charge in [-0.3, -0.25) is 4.79 Å². The van der Waals surface area contributed by atoms with Crippen LogP contribution in [0.4, 0.5) is 4.39 Å². The molecule has 0 saturated heterocycles. The van der Waals surface area contributed by atoms with Crippen molar-refractivity contribution in [3.63, 3.8) is 0 Å². The van der Waals surface area contributed by atoms with Gasteiger partial charge >= 0.3 is 0 Å². The molecule has 0 bridgehead atoms. The van der Waals surface area contributed by atoms with E-state index < -0.39 is 0 Å². The van der Waals surface area contributed by atoms with Crippen molar-refractivity contribution in [2.24, 2.45) is 0 Å². The van der Waals surface area contributed by atoms with E-state index in [0.29, 0.717) is 5.56 Å². The molecule has 0 aliphatic carbocycles. The van der Waals surface area contributed by atoms with Gasteiger partial charge in [-0.15, -0.1) is 0 Å². The number of rotatable bonds is 4. The largest absolute Gasteiger partial charge is 0.345 e. The van der Waals surface area contributed by atoms with Crippen LogP contribution in [-0.2, 0) is 0 Å². The zero-order valence-corrected chi connectivity index (χ0v) is 14.5. The summed E-state index contributed by atoms with van der Waals surface area (Å²) in [5, 5.41) is 7.28. The second-order valence-electron chi connectivity index (χ2n) is 6.14. The van der Waals surface area contributed by atoms with Crippen molar-refractivity contribution in [1.82, 2.24) is 15.1 Å². The van der Waals surface area contributed by atoms with Gasteiger partial charge in [-0.25, -0.2) is 9.07 Å². The van der Waals surface area contributed by atoms with Crippen LogP contribution in [0.15, 0.2) is 54.7 Å². The Bertz CT molecular complexity index is 900. The van der Waals surface area contributed by atoms with Crippen molar-refractivity contribution >= 4 is 5.91 Å². The van der Waals surface area contributed by atoms with Gasteiger partial charge in [0.25, 0.3) is 5.91 Å². The highest BCUT2D eigenvalue weighted by molar-refractivity contribution is 5.95. The highest BCUT2D eigenvalue weighted by atomic mass is 19.1. The zero-order valence-electron chi connectivity index (χ0n) is 14.5. The number of aromatic nitrogens is 2. The minimum atomic E-state index is -0.294. The molecule has 0 spiro atoms. The molecule has 128 valence electrons. The molecular weight excluding hydrogens is 317 g/mol. The molecule has 1 aromatic heterocycles. The van der Waals surface area contributed by atoms with E-state index in [0.717, 1.165) is 22.5 Å². The number of hydrogen-bond donors (Lipinski definition) is 1. The minimum absolute atomic E-state index is 0.201. The van der Waals surface area contributed by atoms with Gasteiger partial charge in [-0.2, -0.15) is 5.10 Å². The Balaban J connectivity index is 1.80. The van der Waals surface area contributed by atoms with E-state index in [1.54, 1.807) is 23.0 Å². The van der Waals surface area contributed by atoms with E-state index in [-0.39, 0.29) is 17.8 Å². The lowest BCUT2D eigenvalue weighted by Crippen LogP contribution is -2.27. The summed E-state index contributed by atoms with van der Waals surface area (Å²) >= 11 is 0. The molecule has 0 saturated carbocycles. The van der Waals surface area contributed by atoms with Crippen molar-refractivity contribution in [2.75, 3.05) is 0 Å². The van der Waals surface area contributed by atoms with Crippen molar-refractivity contribution < 1.29 is 9.18 Å². The lowest BCUT2D eigenvalue weighted by Gasteiger charge is -2.14. The summed E-state index contributed by atoms with van der Waals surface area (Å²) < 4.78 is 14.8. The van der Waals surface area contributed by atoms with Gasteiger partial charge in [-0.05, 0) is 56.2 Å². The minimum Gasteiger partial charge on any atom is -0.345 e. The molecule has 0 aliphatic heterocycles. The Hall–Kier alpha value is -2.95. The van der Waals surface area contributed by atoms with Crippen LogP contribution < -0.4 is 5.32 Å². The molecule has 3 rings (SSSR count). The van der Waals surface area contributed by atoms with E-state index in [2.05, 4.69) is 10.4 Å². The van der Waals surface area contributed by atoms with Crippen molar-refractivity contribution in [2.45, 2.75) is 26.8 Å². The molecule has 0 radical (unpaired) electrons. The van der Waals surface area contributed by atoms with Gasteiger partial charge in [0.15, 0.2) is 0 Å². The summed E-state index contributed by atoms with van der Waals surface area (Å²) in [5.41, 5.74) is 4.19. The van der Waals surface area contributed by atoms with Crippen LogP contribution >= 0.6 is 0 Å². The Labute approximate surface area is 146 Å². The number of halogens is 1. The molecule has 25 heavy (non-hydrogen) atoms. The van der Waals surface area contributed by atoms with Crippen LogP contribution in [-0.4, -0.2) is 15.7 Å². The summed E-state index contributed by atoms with van der Waals surface area (Å²) in [6, 6.07) is 13.8. The number of benzene rings is 2. The molecule has 3 aromatic rings. The quantitative estimate of drug-likeness (QED) is 0.778. The van der Waals surface area contributed by atoms with Gasteiger partial charge < -0.3 is 5.32 Å². The first-order valence-corrected chi connectivity index (χ1v) is 8.13. The zero-order chi connectivity index (χ0) is 18.0. The number of amides is 1. The Morgan fingerprint density at radius 3 is 2.56 bits per heavy atom. The normalized spacial score (nSPS) is 12.0. The predicted molar refractivity (Wildman–Crippen MR) is 95.3 cm³/mol. The molecule has 1 N–H and O–H groups in total. The highest BCUT2D eigenvalue weighted by Crippen LogP contribution is 2.18. The Kier molecular flexibility index (Phi) is 4.65. The van der Waals surface area contributed by atoms with E-state index in [9.17, 15) is 9.18 Å². The second-order valence-corrected chi connectivity index (χ2v) is 6.14. The molecule has 1 amide bonds. The fourth-order valence-corrected chi connectivity index (χ4v) is 2.76. The van der Waals surface area contributed by atoms with Gasteiger partial charge in [0.1, 0.15) is 5.82 Å². The topological polar surface area (TPSA) is 46.9 Å². The number of carbonyl (C=O) groups excluding carboxylic acids is 1. The molecule has 0 aliphatic rings. The monoisotopic (exact) mass is 337 g/mol. The summed E-state index contributed by atoms with van der Waals surface area (Å²) in [6.45, 7) is 5.75. The smallest absolute Gasteiger partial charge is 0.255 e. The number of nitrogens with zero attached hydrogens (tertiary/aromatic N) is 2. The summed E-state index contributed by atoms with van der Waals surface area (Å²) in [5.74, 6) is -0.495. The van der Waals surface area contributed by atoms with E-state index >= 15 is 0 Å². The van der Waals surface area contributed by atoms with E-state index in [1.165, 1.54) is 12.1 Å². The lowest BCUT2D eigenvalue weighted by molar-refractivity contribution is 0.0939. The van der Waals surface area contributed by atoms with Gasteiger partial charge in [0.2, 0.25) is 0 Å². The first-order chi connectivity index (χ1) is 12.0. The number of hydrogen-bond acceptors (Lipinski definition) is 2. The molecule has 1 atom stereocenters. The average molecular weight is 337 g/mol. The SMILES string of the molecule is Cc1cccc(-n2ncc(C(=O)NC(C)c3ccc(F)cc3)c2C)c1. The van der Waals surface area contributed by atoms with Crippen LogP contribution in [0, 0.1) is 19.7 Å². The first-order valence-electron chi connectivity index (χ1n) is 8.13. The maximum absolute atomic E-state index is 13.0. The van der Waals surface area contributed by atoms with Crippen molar-refractivity contribution in [1.29, 1.82) is 0 Å². The third kappa shape index (κ3) is 3.60. The standard InChI is InChI=1S/C20H20FN3O/c1-13-5-4-6-18(11-13)24-15(3)19(12-22-24)20(25)23-14(2)16-7-9-17(21)10-8-16/h4-12,14H,1-3H3,(H,23,25). The van der Waals surface area contributed by atoms with Crippen LogP contribution in [0.2, 0.25) is 0 Å². The van der Waals surface area contributed by atoms with Crippen LogP contribution in [0.1, 0.15) is 40.1 Å². The lowest BCUT2D eigenvalue weighted by atomic mass is 10.1. The Morgan fingerprint density at radius 2 is 1.88 bits per heavy atom. The van der Waals surface area contributed by atoms with E-state index in [1.807, 2.05) is 45.0 Å². The summed E-state index contributed by atoms with van der Waals surface area (Å²) in [4.78, 5) is 12.6. The van der Waals surface area contributed by atoms with Crippen LogP contribution in [0.5, 0.6) is 0 Å². The van der Waals surface area contributed by atoms with Crippen LogP contribution in [0.25, 0.3) is 5.69 Å². The first kappa shape index (κ1) is 16.9. The second kappa shape index (κ2) is 6.89. The summed E-state index contributed by atoms with van der Waals surface area (Å²) in [6.07, 6.45) is 1.57. The molecule has 4 nitrogen and oxygen atoms in total. The molecular formula is C20H20FN3O. The van der Waals surface area contributed by atoms with Gasteiger partial charge in [0.05, 0.1) is 29.2 Å². The highest BCUT2D eigenvalue weighted by Gasteiger charge is 2.17. The number of nitrogens with one attached hydrogen (secondary N) is 1. The fourth-order valence-electron chi connectivity index (χ4n) is 2.76. The van der Waals surface area contributed by atoms with Gasteiger partial charge in [0, 0.05) is 0 Å². The Morgan fingerprint density at radius 1 is 1.16 bits per heavy atom. The molecule has 2 aromatic carbocycles. The summed E-state index contributed by atoms with van der Waals surface area (Å²) in [7, 11) is 0. The molecule has 5 heteroatoms. The maximum Gasteiger partial charge on any atom is 0.255 e. The third-order valence-electron chi connectivity index (χ3n) is 4.22. The number of aryl methyl sites for hydroxylation is 1. The van der Waals surface area contributed by atoms with Crippen molar-refractivity contribution in [3.8, 4) is 5.69 Å².